The average molecular weight is 270 g/mol. The van der Waals surface area contributed by atoms with E-state index in [4.69, 9.17) is 11.6 Å². The van der Waals surface area contributed by atoms with E-state index < -0.39 is 0 Å². The summed E-state index contributed by atoms with van der Waals surface area (Å²) in [6, 6.07) is 9.35. The molecule has 1 N–H and O–H groups in total. The zero-order valence-corrected chi connectivity index (χ0v) is 11.9. The van der Waals surface area contributed by atoms with Gasteiger partial charge in [-0.25, -0.2) is 0 Å². The summed E-state index contributed by atoms with van der Waals surface area (Å²) in [5, 5.41) is 3.66. The van der Waals surface area contributed by atoms with Crippen LogP contribution in [0.25, 0.3) is 0 Å². The lowest BCUT2D eigenvalue weighted by Gasteiger charge is -2.19. The molecule has 1 nitrogen and oxygen atoms in total. The van der Waals surface area contributed by atoms with Crippen LogP contribution in [0.1, 0.15) is 31.2 Å². The molecule has 1 heterocycles. The van der Waals surface area contributed by atoms with Crippen LogP contribution in [-0.4, -0.2) is 24.2 Å². The average Bonchev–Trinajstić information content (AvgIpc) is 2.78. The normalized spacial score (nSPS) is 20.2. The Balaban J connectivity index is 1.89. The molecule has 0 spiro atoms. The van der Waals surface area contributed by atoms with Gasteiger partial charge in [0.05, 0.1) is 0 Å². The van der Waals surface area contributed by atoms with Gasteiger partial charge in [0.2, 0.25) is 0 Å². The van der Waals surface area contributed by atoms with E-state index in [-0.39, 0.29) is 0 Å². The number of hydrogen-bond donors (Lipinski definition) is 1. The predicted octanol–water partition coefficient (Wildman–Crippen LogP) is 3.87. The maximum atomic E-state index is 5.81. The molecule has 3 heteroatoms. The molecule has 1 aromatic carbocycles. The molecule has 0 saturated heterocycles. The highest BCUT2D eigenvalue weighted by molar-refractivity contribution is 7.99. The van der Waals surface area contributed by atoms with Crippen LogP contribution in [-0.2, 0) is 0 Å². The second-order valence-corrected chi connectivity index (χ2v) is 5.98. The van der Waals surface area contributed by atoms with Crippen molar-refractivity contribution in [1.82, 2.24) is 5.32 Å². The number of benzene rings is 1. The Morgan fingerprint density at radius 3 is 3.06 bits per heavy atom. The van der Waals surface area contributed by atoms with E-state index in [1.165, 1.54) is 16.2 Å². The molecule has 2 rings (SSSR count). The minimum Gasteiger partial charge on any atom is -0.313 e. The first-order valence-electron chi connectivity index (χ1n) is 6.36. The van der Waals surface area contributed by atoms with Gasteiger partial charge in [0.1, 0.15) is 0 Å². The number of fused-ring (bicyclic) bond motifs is 1. The van der Waals surface area contributed by atoms with Crippen LogP contribution in [0.4, 0.5) is 0 Å². The van der Waals surface area contributed by atoms with Crippen LogP contribution in [0.3, 0.4) is 0 Å². The molecular formula is C14H20ClNS. The zero-order valence-electron chi connectivity index (χ0n) is 10.3. The summed E-state index contributed by atoms with van der Waals surface area (Å²) in [7, 11) is 0. The Labute approximate surface area is 113 Å². The van der Waals surface area contributed by atoms with E-state index in [1.807, 2.05) is 11.8 Å². The first-order chi connectivity index (χ1) is 8.35. The molecule has 1 aliphatic rings. The lowest BCUT2D eigenvalue weighted by atomic mass is 10.0. The SMILES string of the molecule is CCC(CCCl)NCC1CSc2ccccc21. The Kier molecular flexibility index (Phi) is 5.20. The highest BCUT2D eigenvalue weighted by Gasteiger charge is 2.22. The molecule has 2 atom stereocenters. The second kappa shape index (κ2) is 6.67. The summed E-state index contributed by atoms with van der Waals surface area (Å²) in [6.07, 6.45) is 2.23. The van der Waals surface area contributed by atoms with Gasteiger partial charge in [-0.3, -0.25) is 0 Å². The topological polar surface area (TPSA) is 12.0 Å². The fraction of sp³-hybridized carbons (Fsp3) is 0.571. The maximum Gasteiger partial charge on any atom is 0.0238 e. The van der Waals surface area contributed by atoms with Crippen LogP contribution in [0, 0.1) is 0 Å². The third-order valence-corrected chi connectivity index (χ3v) is 4.87. The first-order valence-corrected chi connectivity index (χ1v) is 7.88. The van der Waals surface area contributed by atoms with Crippen molar-refractivity contribution < 1.29 is 0 Å². The van der Waals surface area contributed by atoms with E-state index in [0.717, 1.165) is 25.3 Å². The van der Waals surface area contributed by atoms with Crippen molar-refractivity contribution >= 4 is 23.4 Å². The molecule has 0 bridgehead atoms. The lowest BCUT2D eigenvalue weighted by Crippen LogP contribution is -2.32. The summed E-state index contributed by atoms with van der Waals surface area (Å²) >= 11 is 7.79. The van der Waals surface area contributed by atoms with Crippen LogP contribution in [0.2, 0.25) is 0 Å². The smallest absolute Gasteiger partial charge is 0.0238 e. The summed E-state index contributed by atoms with van der Waals surface area (Å²) in [6.45, 7) is 3.31. The van der Waals surface area contributed by atoms with Gasteiger partial charge in [-0.15, -0.1) is 23.4 Å². The van der Waals surface area contributed by atoms with E-state index in [2.05, 4.69) is 36.5 Å². The van der Waals surface area contributed by atoms with Gasteiger partial charge in [0, 0.05) is 35.0 Å². The quantitative estimate of drug-likeness (QED) is 0.787. The minimum absolute atomic E-state index is 0.574. The molecule has 17 heavy (non-hydrogen) atoms. The van der Waals surface area contributed by atoms with Crippen molar-refractivity contribution in [3.8, 4) is 0 Å². The first kappa shape index (κ1) is 13.3. The van der Waals surface area contributed by atoms with Crippen LogP contribution >= 0.6 is 23.4 Å². The van der Waals surface area contributed by atoms with Crippen molar-refractivity contribution in [2.24, 2.45) is 0 Å². The van der Waals surface area contributed by atoms with Crippen LogP contribution < -0.4 is 5.32 Å². The molecule has 0 aromatic heterocycles. The maximum absolute atomic E-state index is 5.81. The zero-order chi connectivity index (χ0) is 12.1. The van der Waals surface area contributed by atoms with Gasteiger partial charge in [-0.05, 0) is 24.5 Å². The summed E-state index contributed by atoms with van der Waals surface area (Å²) < 4.78 is 0. The van der Waals surface area contributed by atoms with Gasteiger partial charge < -0.3 is 5.32 Å². The molecule has 1 aliphatic heterocycles. The predicted molar refractivity (Wildman–Crippen MR) is 77.3 cm³/mol. The molecule has 0 aliphatic carbocycles. The fourth-order valence-electron chi connectivity index (χ4n) is 2.29. The van der Waals surface area contributed by atoms with Crippen molar-refractivity contribution in [2.75, 3.05) is 18.2 Å². The van der Waals surface area contributed by atoms with Crippen LogP contribution in [0.5, 0.6) is 0 Å². The number of thioether (sulfide) groups is 1. The Bertz CT molecular complexity index is 356. The number of nitrogens with one attached hydrogen (secondary N) is 1. The Hall–Kier alpha value is -0.180. The molecule has 1 aromatic rings. The number of hydrogen-bond acceptors (Lipinski definition) is 2. The highest BCUT2D eigenvalue weighted by Crippen LogP contribution is 2.38. The van der Waals surface area contributed by atoms with Crippen molar-refractivity contribution in [2.45, 2.75) is 36.6 Å². The van der Waals surface area contributed by atoms with E-state index in [9.17, 15) is 0 Å². The van der Waals surface area contributed by atoms with Gasteiger partial charge in [0.15, 0.2) is 0 Å². The third-order valence-electron chi connectivity index (χ3n) is 3.40. The standard InChI is InChI=1S/C14H20ClNS/c1-2-12(7-8-15)16-9-11-10-17-14-6-4-3-5-13(11)14/h3-6,11-12,16H,2,7-10H2,1H3. The Morgan fingerprint density at radius 1 is 1.47 bits per heavy atom. The summed E-state index contributed by atoms with van der Waals surface area (Å²) in [5.41, 5.74) is 1.52. The molecule has 0 radical (unpaired) electrons. The van der Waals surface area contributed by atoms with Gasteiger partial charge in [-0.1, -0.05) is 25.1 Å². The number of rotatable bonds is 6. The molecule has 0 saturated carbocycles. The van der Waals surface area contributed by atoms with E-state index in [0.29, 0.717) is 12.0 Å². The lowest BCUT2D eigenvalue weighted by molar-refractivity contribution is 0.471. The molecule has 94 valence electrons. The summed E-state index contributed by atoms with van der Waals surface area (Å²) in [5.74, 6) is 2.63. The van der Waals surface area contributed by atoms with Crippen molar-refractivity contribution in [3.05, 3.63) is 29.8 Å². The molecule has 0 fully saturated rings. The molecule has 2 unspecified atom stereocenters. The third kappa shape index (κ3) is 3.40. The van der Waals surface area contributed by atoms with Crippen molar-refractivity contribution in [1.29, 1.82) is 0 Å². The van der Waals surface area contributed by atoms with Crippen LogP contribution in [0.15, 0.2) is 29.2 Å². The van der Waals surface area contributed by atoms with Gasteiger partial charge in [0.25, 0.3) is 0 Å². The monoisotopic (exact) mass is 269 g/mol. The fourth-order valence-corrected chi connectivity index (χ4v) is 3.81. The number of alkyl halides is 1. The summed E-state index contributed by atoms with van der Waals surface area (Å²) in [4.78, 5) is 1.46. The van der Waals surface area contributed by atoms with Crippen molar-refractivity contribution in [3.63, 3.8) is 0 Å². The largest absolute Gasteiger partial charge is 0.313 e. The minimum atomic E-state index is 0.574. The second-order valence-electron chi connectivity index (χ2n) is 4.54. The highest BCUT2D eigenvalue weighted by atomic mass is 35.5. The van der Waals surface area contributed by atoms with Gasteiger partial charge in [-0.2, -0.15) is 0 Å². The molecule has 0 amide bonds. The van der Waals surface area contributed by atoms with Gasteiger partial charge >= 0.3 is 0 Å². The molecular weight excluding hydrogens is 250 g/mol. The Morgan fingerprint density at radius 2 is 2.29 bits per heavy atom. The number of halogens is 1. The van der Waals surface area contributed by atoms with E-state index in [1.54, 1.807) is 0 Å². The van der Waals surface area contributed by atoms with E-state index >= 15 is 0 Å².